The van der Waals surface area contributed by atoms with E-state index in [2.05, 4.69) is 11.2 Å². The van der Waals surface area contributed by atoms with Crippen molar-refractivity contribution in [1.29, 1.82) is 0 Å². The van der Waals surface area contributed by atoms with Crippen molar-refractivity contribution in [3.63, 3.8) is 0 Å². The van der Waals surface area contributed by atoms with Gasteiger partial charge in [0.05, 0.1) is 12.6 Å². The van der Waals surface area contributed by atoms with Crippen LogP contribution in [-0.4, -0.2) is 27.2 Å². The molecule has 76 valence electrons. The van der Waals surface area contributed by atoms with Gasteiger partial charge in [-0.25, -0.2) is 0 Å². The van der Waals surface area contributed by atoms with Crippen LogP contribution in [0, 0.1) is 5.41 Å². The lowest BCUT2D eigenvalue weighted by Gasteiger charge is -2.37. The molecule has 2 aliphatic rings. The number of nitrogens with zero attached hydrogens (tertiary/aromatic N) is 1. The molecule has 0 aromatic rings. The highest BCUT2D eigenvalue weighted by atomic mass is 32.2. The summed E-state index contributed by atoms with van der Waals surface area (Å²) in [7, 11) is 0. The first-order valence-corrected chi connectivity index (χ1v) is 6.60. The van der Waals surface area contributed by atoms with E-state index in [1.54, 1.807) is 0 Å². The average Bonchev–Trinajstić information content (AvgIpc) is 2.41. The highest BCUT2D eigenvalue weighted by Crippen LogP contribution is 2.50. The molecule has 0 amide bonds. The Morgan fingerprint density at radius 1 is 1.54 bits per heavy atom. The largest absolute Gasteiger partial charge is 0.598 e. The second-order valence-corrected chi connectivity index (χ2v) is 6.28. The SMILES string of the molecule is CC[S+]([O-])N1CC2(CCC2)CC1C. The Kier molecular flexibility index (Phi) is 2.60. The molecule has 0 aromatic carbocycles. The second-order valence-electron chi connectivity index (χ2n) is 4.59. The maximum Gasteiger partial charge on any atom is 0.123 e. The maximum absolute atomic E-state index is 11.7. The van der Waals surface area contributed by atoms with E-state index in [4.69, 9.17) is 0 Å². The Balaban J connectivity index is 1.99. The highest BCUT2D eigenvalue weighted by Gasteiger charge is 2.49. The molecule has 2 rings (SSSR count). The van der Waals surface area contributed by atoms with Crippen molar-refractivity contribution < 1.29 is 4.55 Å². The monoisotopic (exact) mass is 201 g/mol. The zero-order chi connectivity index (χ0) is 9.47. The predicted octanol–water partition coefficient (Wildman–Crippen LogP) is 1.93. The minimum atomic E-state index is -0.713. The first-order valence-electron chi connectivity index (χ1n) is 5.32. The van der Waals surface area contributed by atoms with Crippen LogP contribution in [-0.2, 0) is 11.4 Å². The maximum atomic E-state index is 11.7. The Morgan fingerprint density at radius 3 is 2.62 bits per heavy atom. The van der Waals surface area contributed by atoms with Gasteiger partial charge in [0.15, 0.2) is 0 Å². The molecule has 13 heavy (non-hydrogen) atoms. The summed E-state index contributed by atoms with van der Waals surface area (Å²) in [6, 6.07) is 0.543. The smallest absolute Gasteiger partial charge is 0.123 e. The summed E-state index contributed by atoms with van der Waals surface area (Å²) >= 11 is -0.713. The van der Waals surface area contributed by atoms with Gasteiger partial charge < -0.3 is 4.55 Å². The third-order valence-electron chi connectivity index (χ3n) is 3.63. The van der Waals surface area contributed by atoms with E-state index >= 15 is 0 Å². The van der Waals surface area contributed by atoms with Crippen LogP contribution in [0.4, 0.5) is 0 Å². The van der Waals surface area contributed by atoms with E-state index in [0.717, 1.165) is 12.3 Å². The third-order valence-corrected chi connectivity index (χ3v) is 5.14. The summed E-state index contributed by atoms with van der Waals surface area (Å²) in [6.07, 6.45) is 5.40. The van der Waals surface area contributed by atoms with Crippen LogP contribution < -0.4 is 0 Å². The molecule has 2 atom stereocenters. The molecule has 2 nitrogen and oxygen atoms in total. The van der Waals surface area contributed by atoms with Crippen molar-refractivity contribution in [2.45, 2.75) is 45.6 Å². The molecule has 1 aliphatic carbocycles. The van der Waals surface area contributed by atoms with E-state index in [1.165, 1.54) is 25.7 Å². The lowest BCUT2D eigenvalue weighted by atomic mass is 9.68. The van der Waals surface area contributed by atoms with E-state index in [9.17, 15) is 4.55 Å². The zero-order valence-electron chi connectivity index (χ0n) is 8.58. The van der Waals surface area contributed by atoms with Crippen molar-refractivity contribution in [2.24, 2.45) is 5.41 Å². The van der Waals surface area contributed by atoms with Gasteiger partial charge in [0.2, 0.25) is 0 Å². The topological polar surface area (TPSA) is 26.3 Å². The molecule has 1 saturated heterocycles. The normalized spacial score (nSPS) is 34.8. The van der Waals surface area contributed by atoms with Gasteiger partial charge in [-0.05, 0) is 38.5 Å². The summed E-state index contributed by atoms with van der Waals surface area (Å²) in [5.74, 6) is 0.778. The summed E-state index contributed by atoms with van der Waals surface area (Å²) in [6.45, 7) is 5.32. The van der Waals surface area contributed by atoms with Gasteiger partial charge in [-0.15, -0.1) is 4.31 Å². The van der Waals surface area contributed by atoms with Crippen LogP contribution in [0.1, 0.15) is 39.5 Å². The molecule has 0 N–H and O–H groups in total. The Hall–Kier alpha value is 0.270. The Bertz CT molecular complexity index is 193. The van der Waals surface area contributed by atoms with E-state index < -0.39 is 11.4 Å². The van der Waals surface area contributed by atoms with Gasteiger partial charge in [-0.2, -0.15) is 0 Å². The summed E-state index contributed by atoms with van der Waals surface area (Å²) in [5.41, 5.74) is 0.574. The molecule has 2 fully saturated rings. The zero-order valence-corrected chi connectivity index (χ0v) is 9.40. The molecule has 1 aliphatic heterocycles. The molecular formula is C10H19NOS. The van der Waals surface area contributed by atoms with Crippen molar-refractivity contribution >= 4 is 11.4 Å². The summed E-state index contributed by atoms with van der Waals surface area (Å²) in [4.78, 5) is 0. The minimum absolute atomic E-state index is 0.543. The molecular weight excluding hydrogens is 182 g/mol. The molecule has 1 spiro atoms. The lowest BCUT2D eigenvalue weighted by molar-refractivity contribution is 0.152. The first-order chi connectivity index (χ1) is 6.17. The van der Waals surface area contributed by atoms with Gasteiger partial charge in [-0.3, -0.25) is 0 Å². The fraction of sp³-hybridized carbons (Fsp3) is 1.00. The van der Waals surface area contributed by atoms with Crippen LogP contribution in [0.5, 0.6) is 0 Å². The van der Waals surface area contributed by atoms with Crippen molar-refractivity contribution in [1.82, 2.24) is 4.31 Å². The van der Waals surface area contributed by atoms with Crippen LogP contribution in [0.15, 0.2) is 0 Å². The number of rotatable bonds is 2. The van der Waals surface area contributed by atoms with Gasteiger partial charge in [-0.1, -0.05) is 6.42 Å². The molecule has 1 saturated carbocycles. The molecule has 0 bridgehead atoms. The third kappa shape index (κ3) is 1.62. The van der Waals surface area contributed by atoms with Gasteiger partial charge in [0.1, 0.15) is 5.75 Å². The Labute approximate surface area is 84.0 Å². The number of hydrogen-bond acceptors (Lipinski definition) is 2. The average molecular weight is 201 g/mol. The quantitative estimate of drug-likeness (QED) is 0.638. The minimum Gasteiger partial charge on any atom is -0.598 e. The van der Waals surface area contributed by atoms with Gasteiger partial charge in [0.25, 0.3) is 0 Å². The van der Waals surface area contributed by atoms with Crippen molar-refractivity contribution in [3.8, 4) is 0 Å². The van der Waals surface area contributed by atoms with Gasteiger partial charge in [0, 0.05) is 11.4 Å². The lowest BCUT2D eigenvalue weighted by Crippen LogP contribution is -2.38. The van der Waals surface area contributed by atoms with Crippen LogP contribution in [0.3, 0.4) is 0 Å². The van der Waals surface area contributed by atoms with Crippen molar-refractivity contribution in [2.75, 3.05) is 12.3 Å². The van der Waals surface area contributed by atoms with Crippen LogP contribution in [0.2, 0.25) is 0 Å². The second kappa shape index (κ2) is 3.44. The Morgan fingerprint density at radius 2 is 2.23 bits per heavy atom. The number of hydrogen-bond donors (Lipinski definition) is 0. The summed E-state index contributed by atoms with van der Waals surface area (Å²) in [5, 5.41) is 0. The van der Waals surface area contributed by atoms with E-state index in [1.807, 2.05) is 6.92 Å². The highest BCUT2D eigenvalue weighted by molar-refractivity contribution is 7.89. The molecule has 0 aromatic heterocycles. The van der Waals surface area contributed by atoms with E-state index in [-0.39, 0.29) is 0 Å². The molecule has 2 unspecified atom stereocenters. The molecule has 1 heterocycles. The molecule has 0 radical (unpaired) electrons. The fourth-order valence-corrected chi connectivity index (χ4v) is 3.98. The summed E-state index contributed by atoms with van der Waals surface area (Å²) < 4.78 is 13.9. The standard InChI is InChI=1S/C10H19NOS/c1-3-13(12)11-8-10(5-4-6-10)7-9(11)2/h9H,3-8H2,1-2H3. The van der Waals surface area contributed by atoms with Crippen LogP contribution in [0.25, 0.3) is 0 Å². The molecule has 3 heteroatoms. The first kappa shape index (κ1) is 9.81. The van der Waals surface area contributed by atoms with Crippen LogP contribution >= 0.6 is 0 Å². The fourth-order valence-electron chi connectivity index (χ4n) is 2.76. The van der Waals surface area contributed by atoms with Crippen molar-refractivity contribution in [3.05, 3.63) is 0 Å². The van der Waals surface area contributed by atoms with E-state index in [0.29, 0.717) is 11.5 Å². The predicted molar refractivity (Wildman–Crippen MR) is 55.8 cm³/mol. The van der Waals surface area contributed by atoms with Gasteiger partial charge >= 0.3 is 0 Å².